The molecular formula is C67H108O31. The van der Waals surface area contributed by atoms with Crippen molar-refractivity contribution in [1.82, 2.24) is 0 Å². The van der Waals surface area contributed by atoms with E-state index in [1.54, 1.807) is 0 Å². The van der Waals surface area contributed by atoms with Crippen molar-refractivity contribution in [1.29, 1.82) is 0 Å². The summed E-state index contributed by atoms with van der Waals surface area (Å²) in [4.78, 5) is 13.5. The molecule has 31 nitrogen and oxygen atoms in total. The van der Waals surface area contributed by atoms with E-state index in [1.165, 1.54) is 19.4 Å². The molecule has 1 unspecified atom stereocenters. The summed E-state index contributed by atoms with van der Waals surface area (Å²) < 4.78 is 89.9. The fraction of sp³-hybridized carbons (Fsp3) is 0.955. The predicted molar refractivity (Wildman–Crippen MR) is 328 cm³/mol. The average molecular weight is 1410 g/mol. The second-order valence-electron chi connectivity index (χ2n) is 32.4. The molecule has 0 bridgehead atoms. The number of allylic oxidation sites excluding steroid dienone is 2. The molecule has 16 N–H and O–H groups in total. The number of carbonyl (C=O) groups is 1. The molecule has 7 aliphatic heterocycles. The molecule has 98 heavy (non-hydrogen) atoms. The number of ether oxygens (including phenoxy) is 14. The number of aliphatic carboxylic acids is 1. The van der Waals surface area contributed by atoms with Gasteiger partial charge in [-0.3, -0.25) is 4.79 Å². The van der Waals surface area contributed by atoms with Gasteiger partial charge in [-0.05, 0) is 123 Å². The van der Waals surface area contributed by atoms with Gasteiger partial charge in [0.25, 0.3) is 0 Å². The van der Waals surface area contributed by atoms with Crippen LogP contribution in [0.1, 0.15) is 127 Å². The first-order valence-electron chi connectivity index (χ1n) is 35.1. The van der Waals surface area contributed by atoms with Crippen LogP contribution < -0.4 is 0 Å². The maximum Gasteiger partial charge on any atom is 0.310 e. The lowest BCUT2D eigenvalue weighted by atomic mass is 9.33. The van der Waals surface area contributed by atoms with Crippen LogP contribution in [0.2, 0.25) is 0 Å². The highest BCUT2D eigenvalue weighted by Crippen LogP contribution is 2.76. The van der Waals surface area contributed by atoms with Crippen molar-refractivity contribution in [2.24, 2.45) is 50.2 Å². The minimum Gasteiger partial charge on any atom is -0.481 e. The van der Waals surface area contributed by atoms with Gasteiger partial charge >= 0.3 is 5.97 Å². The lowest BCUT2D eigenvalue weighted by Crippen LogP contribution is -2.69. The molecule has 38 atom stereocenters. The van der Waals surface area contributed by atoms with E-state index in [0.29, 0.717) is 25.7 Å². The van der Waals surface area contributed by atoms with Crippen molar-refractivity contribution in [3.63, 3.8) is 0 Å². The number of rotatable bonds is 15. The molecule has 11 fully saturated rings. The third-order valence-corrected chi connectivity index (χ3v) is 25.8. The topological polar surface area (TPSA) is 470 Å². The Labute approximate surface area is 569 Å². The zero-order chi connectivity index (χ0) is 71.0. The van der Waals surface area contributed by atoms with Gasteiger partial charge in [-0.1, -0.05) is 60.1 Å². The van der Waals surface area contributed by atoms with Crippen molar-refractivity contribution < 1.29 is 153 Å². The van der Waals surface area contributed by atoms with E-state index in [-0.39, 0.29) is 39.4 Å². The second-order valence-corrected chi connectivity index (χ2v) is 32.4. The van der Waals surface area contributed by atoms with Crippen LogP contribution in [0.4, 0.5) is 0 Å². The summed E-state index contributed by atoms with van der Waals surface area (Å²) in [6.45, 7) is 16.0. The largest absolute Gasteiger partial charge is 0.481 e. The highest BCUT2D eigenvalue weighted by Gasteiger charge is 2.70. The van der Waals surface area contributed by atoms with E-state index in [2.05, 4.69) is 54.5 Å². The molecule has 7 heterocycles. The van der Waals surface area contributed by atoms with E-state index in [9.17, 15) is 86.5 Å². The van der Waals surface area contributed by atoms with Crippen LogP contribution in [-0.2, 0) is 71.1 Å². The van der Waals surface area contributed by atoms with Gasteiger partial charge in [0.05, 0.1) is 56.8 Å². The Balaban J connectivity index is 0.930. The number of aliphatic hydroxyl groups is 15. The van der Waals surface area contributed by atoms with Crippen molar-refractivity contribution in [2.75, 3.05) is 33.0 Å². The van der Waals surface area contributed by atoms with Gasteiger partial charge in [0.2, 0.25) is 0 Å². The molecular weight excluding hydrogens is 1300 g/mol. The molecule has 0 aromatic heterocycles. The Hall–Kier alpha value is -1.95. The van der Waals surface area contributed by atoms with Gasteiger partial charge in [-0.25, -0.2) is 0 Å². The third-order valence-electron chi connectivity index (χ3n) is 25.8. The maximum atomic E-state index is 13.5. The fourth-order valence-corrected chi connectivity index (χ4v) is 19.5. The molecule has 0 aromatic rings. The summed E-state index contributed by atoms with van der Waals surface area (Å²) in [6.07, 6.45) is -44.0. The predicted octanol–water partition coefficient (Wildman–Crippen LogP) is -2.75. The second kappa shape index (κ2) is 28.4. The zero-order valence-electron chi connectivity index (χ0n) is 57.1. The van der Waals surface area contributed by atoms with E-state index in [4.69, 9.17) is 66.3 Å². The van der Waals surface area contributed by atoms with Crippen molar-refractivity contribution >= 4 is 5.97 Å². The molecule has 12 rings (SSSR count). The van der Waals surface area contributed by atoms with Crippen LogP contribution in [0, 0.1) is 50.2 Å². The Morgan fingerprint density at radius 2 is 0.888 bits per heavy atom. The highest BCUT2D eigenvalue weighted by atomic mass is 16.8. The van der Waals surface area contributed by atoms with Gasteiger partial charge in [-0.15, -0.1) is 0 Å². The molecule has 4 saturated carbocycles. The molecule has 0 amide bonds. The SMILES string of the molecule is C[C@@H]1O[C@@H](O[C@H]2CO[C@@H](O[C@H]3CC[C@@]4(C)C(CC[C@]5(C)[C@@H]4CC=C4[C@H]6CC(C)(C)CC[C@]6(C(=O)O)CC[C@]45C)C3(C)C)[C@H](O[C@@H]3O[C@@H](C)[C@H](O[C@H]4OC[C@@H](O)[C@H](O)[C@H]4O)[C@@H](O[C@H]4OC[C@@H](O)[C@H](O)[C@H]4O)[C@H]3O[C@H]3OC[C@@H](O)[C@H](O)[C@H]3O)[C@H]2O[C@H]2OC[C@@H](O)[C@H](O)[C@H]2O)[C@H](O)[C@H](O)[C@H]1O. The number of fused-ring (bicyclic) bond motifs is 7. The quantitative estimate of drug-likeness (QED) is 0.0584. The van der Waals surface area contributed by atoms with Gasteiger partial charge < -0.3 is 148 Å². The van der Waals surface area contributed by atoms with Crippen molar-refractivity contribution in [2.45, 2.75) is 317 Å². The van der Waals surface area contributed by atoms with E-state index >= 15 is 0 Å². The molecule has 0 aromatic carbocycles. The summed E-state index contributed by atoms with van der Waals surface area (Å²) in [5.41, 5.74) is -1.03. The number of aliphatic hydroxyl groups excluding tert-OH is 15. The third kappa shape index (κ3) is 13.2. The molecule has 7 saturated heterocycles. The Kier molecular flexibility index (Phi) is 21.9. The Bertz CT molecular complexity index is 2790. The fourth-order valence-electron chi connectivity index (χ4n) is 19.5. The number of carboxylic acids is 1. The van der Waals surface area contributed by atoms with Crippen LogP contribution in [0.15, 0.2) is 11.6 Å². The minimum absolute atomic E-state index is 0.00171. The number of hydrogen-bond donors (Lipinski definition) is 16. The lowest BCUT2D eigenvalue weighted by Gasteiger charge is -2.71. The molecule has 0 spiro atoms. The molecule has 562 valence electrons. The summed E-state index contributed by atoms with van der Waals surface area (Å²) in [5.74, 6) is -0.631. The first kappa shape index (κ1) is 75.7. The summed E-state index contributed by atoms with van der Waals surface area (Å²) in [5, 5.41) is 177. The molecule has 31 heteroatoms. The van der Waals surface area contributed by atoms with Gasteiger partial charge in [-0.2, -0.15) is 0 Å². The van der Waals surface area contributed by atoms with Crippen LogP contribution in [0.25, 0.3) is 0 Å². The normalized spacial score (nSPS) is 55.0. The smallest absolute Gasteiger partial charge is 0.310 e. The maximum absolute atomic E-state index is 13.5. The summed E-state index contributed by atoms with van der Waals surface area (Å²) >= 11 is 0. The van der Waals surface area contributed by atoms with E-state index < -0.39 is 240 Å². The summed E-state index contributed by atoms with van der Waals surface area (Å²) in [6, 6.07) is 0. The molecule has 5 aliphatic carbocycles. The molecule has 12 aliphatic rings. The standard InChI is InChI=1S/C67H108O31/c1-26-38(72)43(77)48(82)58(90-26)92-34-25-89-59(93-37-13-14-64(7)35(63(37,5)6)12-15-66(9)36(64)11-10-28-29-20-62(3,4)16-18-67(29,61(83)84)19-17-65(28,66)8)52(50(34)95-55-45(79)40(74)31(69)22-86-55)98-60-53(97-57-47(81)42(76)33(71)24-88-57)51(96-56-46(80)41(75)32(70)23-87-56)49(27(2)91-60)94-54-44(78)39(73)30(68)21-85-54/h10,26-27,29-60,68-82H,11-25H2,1-9H3,(H,83,84)/t26-,27-,29+,30+,31+,32+,33+,34-,35?,36+,37-,38-,39-,40-,41-,42-,43+,44+,45+,46+,47+,48+,49-,50-,51+,52+,53+,54+,55+,56+,57+,58-,59-,60-,64-,65+,66+,67-/m0/s1. The number of carboxylic acid groups (broad SMARTS) is 1. The highest BCUT2D eigenvalue weighted by molar-refractivity contribution is 5.76. The summed E-state index contributed by atoms with van der Waals surface area (Å²) in [7, 11) is 0. The van der Waals surface area contributed by atoms with Crippen molar-refractivity contribution in [3.05, 3.63) is 11.6 Å². The Morgan fingerprint density at radius 1 is 0.429 bits per heavy atom. The van der Waals surface area contributed by atoms with Gasteiger partial charge in [0.15, 0.2) is 44.0 Å². The van der Waals surface area contributed by atoms with Gasteiger partial charge in [0, 0.05) is 0 Å². The van der Waals surface area contributed by atoms with Gasteiger partial charge in [0.1, 0.15) is 128 Å². The average Bonchev–Trinajstić information content (AvgIpc) is 0.676. The lowest BCUT2D eigenvalue weighted by molar-refractivity contribution is -0.421. The Morgan fingerprint density at radius 3 is 1.43 bits per heavy atom. The molecule has 0 radical (unpaired) electrons. The van der Waals surface area contributed by atoms with Crippen LogP contribution in [-0.4, -0.2) is 311 Å². The van der Waals surface area contributed by atoms with Crippen LogP contribution >= 0.6 is 0 Å². The number of hydrogen-bond acceptors (Lipinski definition) is 30. The monoisotopic (exact) mass is 1410 g/mol. The van der Waals surface area contributed by atoms with Crippen molar-refractivity contribution in [3.8, 4) is 0 Å². The van der Waals surface area contributed by atoms with E-state index in [1.807, 2.05) is 0 Å². The van der Waals surface area contributed by atoms with Crippen LogP contribution in [0.5, 0.6) is 0 Å². The van der Waals surface area contributed by atoms with E-state index in [0.717, 1.165) is 38.5 Å². The van der Waals surface area contributed by atoms with Crippen LogP contribution in [0.3, 0.4) is 0 Å². The first-order chi connectivity index (χ1) is 46.0. The minimum atomic E-state index is -2.05. The zero-order valence-corrected chi connectivity index (χ0v) is 57.1. The first-order valence-corrected chi connectivity index (χ1v) is 35.1.